The first-order valence-electron chi connectivity index (χ1n) is 4.99. The summed E-state index contributed by atoms with van der Waals surface area (Å²) < 4.78 is 1.49. The van der Waals surface area contributed by atoms with E-state index in [1.165, 1.54) is 10.6 Å². The largest absolute Gasteiger partial charge is 0.481 e. The summed E-state index contributed by atoms with van der Waals surface area (Å²) in [6.07, 6.45) is -0.0477. The highest BCUT2D eigenvalue weighted by atomic mass is 16.4. The van der Waals surface area contributed by atoms with Gasteiger partial charge in [-0.05, 0) is 17.5 Å². The van der Waals surface area contributed by atoms with E-state index in [0.29, 0.717) is 0 Å². The van der Waals surface area contributed by atoms with E-state index in [2.05, 4.69) is 0 Å². The molecule has 0 unspecified atom stereocenters. The number of aromatic nitrogens is 1. The van der Waals surface area contributed by atoms with Crippen LogP contribution in [0.1, 0.15) is 6.42 Å². The maximum Gasteiger partial charge on any atom is 0.305 e. The number of pyridine rings is 1. The van der Waals surface area contributed by atoms with Gasteiger partial charge in [0.05, 0.1) is 11.9 Å². The molecule has 0 spiro atoms. The van der Waals surface area contributed by atoms with E-state index < -0.39 is 5.97 Å². The highest BCUT2D eigenvalue weighted by molar-refractivity contribution is 5.78. The van der Waals surface area contributed by atoms with Crippen molar-refractivity contribution in [3.05, 3.63) is 46.8 Å². The predicted molar refractivity (Wildman–Crippen MR) is 60.5 cm³/mol. The maximum atomic E-state index is 11.6. The third-order valence-corrected chi connectivity index (χ3v) is 2.45. The van der Waals surface area contributed by atoms with Crippen LogP contribution in [-0.4, -0.2) is 15.6 Å². The first-order valence-corrected chi connectivity index (χ1v) is 4.99. The molecule has 0 aliphatic heterocycles. The van der Waals surface area contributed by atoms with Crippen LogP contribution in [0.5, 0.6) is 0 Å². The van der Waals surface area contributed by atoms with Gasteiger partial charge in [-0.15, -0.1) is 0 Å². The van der Waals surface area contributed by atoms with Gasteiger partial charge in [-0.3, -0.25) is 9.59 Å². The number of fused-ring (bicyclic) bond motifs is 1. The minimum Gasteiger partial charge on any atom is -0.481 e. The number of benzene rings is 1. The van der Waals surface area contributed by atoms with Crippen LogP contribution in [0.2, 0.25) is 0 Å². The highest BCUT2D eigenvalue weighted by Crippen LogP contribution is 2.11. The zero-order chi connectivity index (χ0) is 11.5. The lowest BCUT2D eigenvalue weighted by atomic mass is 10.2. The lowest BCUT2D eigenvalue weighted by molar-refractivity contribution is -0.137. The van der Waals surface area contributed by atoms with Crippen LogP contribution in [0.3, 0.4) is 0 Å². The molecule has 1 aromatic heterocycles. The molecule has 0 radical (unpaired) electrons. The number of rotatable bonds is 3. The summed E-state index contributed by atoms with van der Waals surface area (Å²) in [7, 11) is 0. The van der Waals surface area contributed by atoms with Crippen molar-refractivity contribution >= 4 is 16.9 Å². The maximum absolute atomic E-state index is 11.6. The van der Waals surface area contributed by atoms with Gasteiger partial charge in [0.25, 0.3) is 5.56 Å². The summed E-state index contributed by atoms with van der Waals surface area (Å²) in [4.78, 5) is 22.1. The zero-order valence-corrected chi connectivity index (χ0v) is 8.59. The topological polar surface area (TPSA) is 59.3 Å². The molecule has 0 aliphatic rings. The molecule has 0 fully saturated rings. The molecule has 1 N–H and O–H groups in total. The second kappa shape index (κ2) is 4.18. The predicted octanol–water partition coefficient (Wildman–Crippen LogP) is 1.48. The lowest BCUT2D eigenvalue weighted by Crippen LogP contribution is -2.20. The first-order chi connectivity index (χ1) is 7.68. The van der Waals surface area contributed by atoms with Crippen molar-refractivity contribution in [1.29, 1.82) is 0 Å². The molecule has 2 rings (SSSR count). The molecule has 2 aromatic rings. The quantitative estimate of drug-likeness (QED) is 0.847. The number of carbonyl (C=O) groups is 1. The van der Waals surface area contributed by atoms with E-state index in [0.717, 1.165) is 10.9 Å². The number of nitrogens with zero attached hydrogens (tertiary/aromatic N) is 1. The lowest BCUT2D eigenvalue weighted by Gasteiger charge is -2.07. The van der Waals surface area contributed by atoms with Crippen LogP contribution < -0.4 is 5.56 Å². The molecule has 0 bridgehead atoms. The number of carboxylic acids is 1. The van der Waals surface area contributed by atoms with Crippen molar-refractivity contribution in [3.63, 3.8) is 0 Å². The Morgan fingerprint density at radius 3 is 2.69 bits per heavy atom. The number of aliphatic carboxylic acids is 1. The van der Waals surface area contributed by atoms with Crippen LogP contribution in [0, 0.1) is 0 Å². The summed E-state index contributed by atoms with van der Waals surface area (Å²) in [5.74, 6) is -0.903. The molecule has 0 saturated carbocycles. The summed E-state index contributed by atoms with van der Waals surface area (Å²) in [5.41, 5.74) is 0.608. The van der Waals surface area contributed by atoms with Crippen molar-refractivity contribution in [2.45, 2.75) is 13.0 Å². The minimum atomic E-state index is -0.903. The second-order valence-electron chi connectivity index (χ2n) is 3.53. The number of aryl methyl sites for hydroxylation is 1. The Hall–Kier alpha value is -2.10. The van der Waals surface area contributed by atoms with E-state index in [4.69, 9.17) is 5.11 Å². The molecule has 0 aliphatic carbocycles. The number of carboxylic acid groups (broad SMARTS) is 1. The van der Waals surface area contributed by atoms with E-state index in [9.17, 15) is 9.59 Å². The Balaban J connectivity index is 2.53. The van der Waals surface area contributed by atoms with Crippen molar-refractivity contribution in [1.82, 2.24) is 4.57 Å². The summed E-state index contributed by atoms with van der Waals surface area (Å²) in [5, 5.41) is 9.56. The van der Waals surface area contributed by atoms with Crippen LogP contribution in [0.15, 0.2) is 41.2 Å². The van der Waals surface area contributed by atoms with Gasteiger partial charge in [-0.1, -0.05) is 18.2 Å². The third-order valence-electron chi connectivity index (χ3n) is 2.45. The summed E-state index contributed by atoms with van der Waals surface area (Å²) >= 11 is 0. The van der Waals surface area contributed by atoms with Crippen LogP contribution in [-0.2, 0) is 11.3 Å². The van der Waals surface area contributed by atoms with Gasteiger partial charge in [0, 0.05) is 12.6 Å². The molecule has 4 heteroatoms. The third kappa shape index (κ3) is 1.95. The smallest absolute Gasteiger partial charge is 0.305 e. The first kappa shape index (κ1) is 10.4. The molecule has 1 heterocycles. The molecule has 82 valence electrons. The monoisotopic (exact) mass is 217 g/mol. The van der Waals surface area contributed by atoms with Gasteiger partial charge in [-0.25, -0.2) is 0 Å². The van der Waals surface area contributed by atoms with Gasteiger partial charge in [-0.2, -0.15) is 0 Å². The normalized spacial score (nSPS) is 10.5. The van der Waals surface area contributed by atoms with Gasteiger partial charge in [0.15, 0.2) is 0 Å². The fourth-order valence-electron chi connectivity index (χ4n) is 1.68. The molecule has 0 amide bonds. The average molecular weight is 217 g/mol. The molecule has 1 aromatic carbocycles. The van der Waals surface area contributed by atoms with E-state index in [1.807, 2.05) is 24.3 Å². The fourth-order valence-corrected chi connectivity index (χ4v) is 1.68. The summed E-state index contributed by atoms with van der Waals surface area (Å²) in [6, 6.07) is 10.6. The molecular formula is C12H11NO3. The Morgan fingerprint density at radius 2 is 1.94 bits per heavy atom. The molecule has 4 nitrogen and oxygen atoms in total. The minimum absolute atomic E-state index is 0.0477. The number of hydrogen-bond donors (Lipinski definition) is 1. The van der Waals surface area contributed by atoms with Crippen LogP contribution >= 0.6 is 0 Å². The van der Waals surface area contributed by atoms with Gasteiger partial charge in [0.2, 0.25) is 0 Å². The number of para-hydroxylation sites is 1. The Kier molecular flexibility index (Phi) is 2.72. The Morgan fingerprint density at radius 1 is 1.19 bits per heavy atom. The van der Waals surface area contributed by atoms with Gasteiger partial charge in [0.1, 0.15) is 0 Å². The summed E-state index contributed by atoms with van der Waals surface area (Å²) in [6.45, 7) is 0.204. The molecule has 16 heavy (non-hydrogen) atoms. The SMILES string of the molecule is O=C(O)CCn1c(=O)ccc2ccccc21. The standard InChI is InChI=1S/C12H11NO3/c14-11-6-5-9-3-1-2-4-10(9)13(11)8-7-12(15)16/h1-6H,7-8H2,(H,15,16). The Labute approximate surface area is 91.8 Å². The molecule has 0 saturated heterocycles. The van der Waals surface area contributed by atoms with Gasteiger partial charge < -0.3 is 9.67 Å². The highest BCUT2D eigenvalue weighted by Gasteiger charge is 2.04. The average Bonchev–Trinajstić information content (AvgIpc) is 2.27. The van der Waals surface area contributed by atoms with E-state index in [1.54, 1.807) is 6.07 Å². The van der Waals surface area contributed by atoms with Crippen LogP contribution in [0.25, 0.3) is 10.9 Å². The zero-order valence-electron chi connectivity index (χ0n) is 8.59. The van der Waals surface area contributed by atoms with E-state index >= 15 is 0 Å². The van der Waals surface area contributed by atoms with Crippen molar-refractivity contribution in [2.24, 2.45) is 0 Å². The Bertz CT molecular complexity index is 586. The van der Waals surface area contributed by atoms with Crippen LogP contribution in [0.4, 0.5) is 0 Å². The van der Waals surface area contributed by atoms with Crippen molar-refractivity contribution < 1.29 is 9.90 Å². The van der Waals surface area contributed by atoms with Gasteiger partial charge >= 0.3 is 5.97 Å². The number of hydrogen-bond acceptors (Lipinski definition) is 2. The fraction of sp³-hybridized carbons (Fsp3) is 0.167. The van der Waals surface area contributed by atoms with Crippen molar-refractivity contribution in [2.75, 3.05) is 0 Å². The van der Waals surface area contributed by atoms with E-state index in [-0.39, 0.29) is 18.5 Å². The second-order valence-corrected chi connectivity index (χ2v) is 3.53. The molecule has 0 atom stereocenters. The van der Waals surface area contributed by atoms with Crippen molar-refractivity contribution in [3.8, 4) is 0 Å². The molecular weight excluding hydrogens is 206 g/mol.